The number of nitrogens with zero attached hydrogens (tertiary/aromatic N) is 2. The Morgan fingerprint density at radius 1 is 1.26 bits per heavy atom. The summed E-state index contributed by atoms with van der Waals surface area (Å²) in [6.07, 6.45) is -4.28. The first kappa shape index (κ1) is 21.3. The Morgan fingerprint density at radius 2 is 1.96 bits per heavy atom. The molecule has 0 aromatic heterocycles. The van der Waals surface area contributed by atoms with Gasteiger partial charge in [-0.25, -0.2) is 9.38 Å². The van der Waals surface area contributed by atoms with Crippen LogP contribution in [0.1, 0.15) is 31.7 Å². The van der Waals surface area contributed by atoms with E-state index in [4.69, 9.17) is 0 Å². The van der Waals surface area contributed by atoms with Gasteiger partial charge in [-0.2, -0.15) is 13.2 Å². The van der Waals surface area contributed by atoms with Crippen molar-refractivity contribution >= 4 is 11.6 Å². The molecule has 1 aromatic carbocycles. The molecule has 5 nitrogen and oxygen atoms in total. The van der Waals surface area contributed by atoms with Crippen LogP contribution in [0.5, 0.6) is 0 Å². The first-order chi connectivity index (χ1) is 12.8. The summed E-state index contributed by atoms with van der Waals surface area (Å²) < 4.78 is 51.1. The molecule has 0 saturated carbocycles. The van der Waals surface area contributed by atoms with E-state index in [1.165, 1.54) is 6.07 Å². The average molecular weight is 390 g/mol. The maximum atomic E-state index is 14.4. The van der Waals surface area contributed by atoms with Crippen LogP contribution < -0.4 is 15.5 Å². The molecule has 1 heterocycles. The van der Waals surface area contributed by atoms with E-state index in [2.05, 4.69) is 15.6 Å². The number of guanidine groups is 1. The quantitative estimate of drug-likeness (QED) is 0.397. The third-order valence-electron chi connectivity index (χ3n) is 4.28. The fraction of sp³-hybridized carbons (Fsp3) is 0.611. The van der Waals surface area contributed by atoms with E-state index in [0.717, 1.165) is 0 Å². The second kappa shape index (κ2) is 9.77. The van der Waals surface area contributed by atoms with E-state index in [9.17, 15) is 22.7 Å². The lowest BCUT2D eigenvalue weighted by Crippen LogP contribution is -2.38. The fourth-order valence-corrected chi connectivity index (χ4v) is 2.85. The van der Waals surface area contributed by atoms with Crippen molar-refractivity contribution in [1.82, 2.24) is 10.6 Å². The second-order valence-corrected chi connectivity index (χ2v) is 6.49. The number of aliphatic imine (C=N–C) groups is 1. The van der Waals surface area contributed by atoms with Crippen molar-refractivity contribution in [2.45, 2.75) is 45.0 Å². The van der Waals surface area contributed by atoms with Crippen LogP contribution in [0.25, 0.3) is 0 Å². The van der Waals surface area contributed by atoms with Gasteiger partial charge in [0, 0.05) is 26.2 Å². The number of nitrogens with one attached hydrogen (secondary N) is 2. The molecule has 0 aliphatic carbocycles. The van der Waals surface area contributed by atoms with E-state index in [0.29, 0.717) is 43.7 Å². The summed E-state index contributed by atoms with van der Waals surface area (Å²) in [6, 6.07) is 4.83. The summed E-state index contributed by atoms with van der Waals surface area (Å²) in [5.41, 5.74) is 1.12. The number of aliphatic hydroxyl groups is 1. The Balaban J connectivity index is 1.96. The SMILES string of the molecule is CCNC(=NCc1ccc(N2CCC(O)CC2)c(F)c1)NCCC(F)(F)F. The maximum Gasteiger partial charge on any atom is 0.390 e. The minimum absolute atomic E-state index is 0.150. The summed E-state index contributed by atoms with van der Waals surface area (Å²) in [5.74, 6) is -0.106. The lowest BCUT2D eigenvalue weighted by atomic mass is 10.1. The van der Waals surface area contributed by atoms with Crippen molar-refractivity contribution in [3.8, 4) is 0 Å². The molecule has 1 fully saturated rings. The topological polar surface area (TPSA) is 59.9 Å². The van der Waals surface area contributed by atoms with E-state index in [1.807, 2.05) is 11.8 Å². The first-order valence-electron chi connectivity index (χ1n) is 9.09. The van der Waals surface area contributed by atoms with Crippen molar-refractivity contribution in [2.75, 3.05) is 31.1 Å². The molecule has 27 heavy (non-hydrogen) atoms. The standard InChI is InChI=1S/C18H26F4N4O/c1-2-23-17(24-8-7-18(20,21)22)25-12-13-3-4-16(15(19)11-13)26-9-5-14(27)6-10-26/h3-4,11,14,27H,2,5-10,12H2,1H3,(H2,23,24,25). The second-order valence-electron chi connectivity index (χ2n) is 6.49. The van der Waals surface area contributed by atoms with Crippen molar-refractivity contribution in [1.29, 1.82) is 0 Å². The molecule has 1 aliphatic heterocycles. The molecule has 0 atom stereocenters. The fourth-order valence-electron chi connectivity index (χ4n) is 2.85. The van der Waals surface area contributed by atoms with Gasteiger partial charge in [-0.05, 0) is 37.5 Å². The highest BCUT2D eigenvalue weighted by Gasteiger charge is 2.26. The molecule has 1 aliphatic rings. The van der Waals surface area contributed by atoms with Gasteiger partial charge in [0.15, 0.2) is 5.96 Å². The molecular formula is C18H26F4N4O. The average Bonchev–Trinajstić information content (AvgIpc) is 2.60. The van der Waals surface area contributed by atoms with E-state index in [1.54, 1.807) is 12.1 Å². The van der Waals surface area contributed by atoms with Crippen molar-refractivity contribution in [3.05, 3.63) is 29.6 Å². The van der Waals surface area contributed by atoms with Crippen LogP contribution >= 0.6 is 0 Å². The van der Waals surface area contributed by atoms with Crippen LogP contribution in [-0.4, -0.2) is 49.5 Å². The van der Waals surface area contributed by atoms with Crippen LogP contribution in [0.3, 0.4) is 0 Å². The lowest BCUT2D eigenvalue weighted by molar-refractivity contribution is -0.132. The Bertz CT molecular complexity index is 628. The van der Waals surface area contributed by atoms with Gasteiger partial charge in [0.2, 0.25) is 0 Å². The number of halogens is 4. The van der Waals surface area contributed by atoms with Crippen LogP contribution in [0.15, 0.2) is 23.2 Å². The highest BCUT2D eigenvalue weighted by atomic mass is 19.4. The van der Waals surface area contributed by atoms with Crippen molar-refractivity contribution in [2.24, 2.45) is 4.99 Å². The Morgan fingerprint density at radius 3 is 2.56 bits per heavy atom. The monoisotopic (exact) mass is 390 g/mol. The normalized spacial score (nSPS) is 16.5. The predicted octanol–water partition coefficient (Wildman–Crippen LogP) is 2.79. The number of piperidine rings is 1. The number of rotatable bonds is 6. The number of hydrogen-bond donors (Lipinski definition) is 3. The highest BCUT2D eigenvalue weighted by Crippen LogP contribution is 2.24. The van der Waals surface area contributed by atoms with Crippen LogP contribution in [0.2, 0.25) is 0 Å². The van der Waals surface area contributed by atoms with Crippen molar-refractivity contribution in [3.63, 3.8) is 0 Å². The largest absolute Gasteiger partial charge is 0.393 e. The molecule has 1 saturated heterocycles. The smallest absolute Gasteiger partial charge is 0.390 e. The minimum atomic E-state index is -4.23. The zero-order valence-electron chi connectivity index (χ0n) is 15.3. The number of alkyl halides is 3. The van der Waals surface area contributed by atoms with E-state index in [-0.39, 0.29) is 31.0 Å². The molecule has 0 bridgehead atoms. The number of anilines is 1. The van der Waals surface area contributed by atoms with Crippen molar-refractivity contribution < 1.29 is 22.7 Å². The van der Waals surface area contributed by atoms with Crippen LogP contribution in [0, 0.1) is 5.82 Å². The molecular weight excluding hydrogens is 364 g/mol. The van der Waals surface area contributed by atoms with Crippen LogP contribution in [-0.2, 0) is 6.54 Å². The molecule has 0 spiro atoms. The molecule has 2 rings (SSSR count). The minimum Gasteiger partial charge on any atom is -0.393 e. The molecule has 152 valence electrons. The summed E-state index contributed by atoms with van der Waals surface area (Å²) in [7, 11) is 0. The summed E-state index contributed by atoms with van der Waals surface area (Å²) >= 11 is 0. The summed E-state index contributed by atoms with van der Waals surface area (Å²) in [6.45, 7) is 3.39. The molecule has 9 heteroatoms. The Labute approximate surface area is 156 Å². The van der Waals surface area contributed by atoms with Gasteiger partial charge in [0.25, 0.3) is 0 Å². The zero-order chi connectivity index (χ0) is 19.9. The van der Waals surface area contributed by atoms with Gasteiger partial charge >= 0.3 is 6.18 Å². The first-order valence-corrected chi connectivity index (χ1v) is 9.09. The molecule has 3 N–H and O–H groups in total. The van der Waals surface area contributed by atoms with E-state index >= 15 is 0 Å². The molecule has 1 aromatic rings. The summed E-state index contributed by atoms with van der Waals surface area (Å²) in [4.78, 5) is 6.11. The van der Waals surface area contributed by atoms with Gasteiger partial charge in [-0.15, -0.1) is 0 Å². The Kier molecular flexibility index (Phi) is 7.70. The third kappa shape index (κ3) is 7.24. The van der Waals surface area contributed by atoms with Gasteiger partial charge in [0.05, 0.1) is 24.8 Å². The number of benzene rings is 1. The van der Waals surface area contributed by atoms with E-state index < -0.39 is 12.6 Å². The number of aliphatic hydroxyl groups excluding tert-OH is 1. The predicted molar refractivity (Wildman–Crippen MR) is 97.3 cm³/mol. The van der Waals surface area contributed by atoms with Crippen LogP contribution in [0.4, 0.5) is 23.2 Å². The maximum absolute atomic E-state index is 14.4. The van der Waals surface area contributed by atoms with Gasteiger partial charge in [-0.1, -0.05) is 6.07 Å². The van der Waals surface area contributed by atoms with Gasteiger partial charge in [-0.3, -0.25) is 0 Å². The molecule has 0 radical (unpaired) electrons. The molecule has 0 amide bonds. The lowest BCUT2D eigenvalue weighted by Gasteiger charge is -2.31. The molecule has 0 unspecified atom stereocenters. The van der Waals surface area contributed by atoms with Gasteiger partial charge < -0.3 is 20.6 Å². The Hall–Kier alpha value is -2.03. The zero-order valence-corrected chi connectivity index (χ0v) is 15.3. The summed E-state index contributed by atoms with van der Waals surface area (Å²) in [5, 5.41) is 15.0. The highest BCUT2D eigenvalue weighted by molar-refractivity contribution is 5.79. The van der Waals surface area contributed by atoms with Gasteiger partial charge in [0.1, 0.15) is 5.82 Å². The third-order valence-corrected chi connectivity index (χ3v) is 4.28. The number of hydrogen-bond acceptors (Lipinski definition) is 3.